The molecule has 1 amide bonds. The monoisotopic (exact) mass is 356 g/mol. The quantitative estimate of drug-likeness (QED) is 0.724. The van der Waals surface area contributed by atoms with Gasteiger partial charge >= 0.3 is 0 Å². The number of nitrogens with zero attached hydrogens (tertiary/aromatic N) is 1. The standard InChI is InChI=1S/C21H29N3O2/c1-5-24(15-17-11-13-18(14-12-17)23(3)4)16-21(25)22-19-9-7-8-10-20(19)26-6-2/h7-14H,5-6,15-16H2,1-4H3,(H,22,25)/p+1. The summed E-state index contributed by atoms with van der Waals surface area (Å²) in [6.45, 7) is 6.74. The van der Waals surface area contributed by atoms with Gasteiger partial charge in [0.15, 0.2) is 6.54 Å². The number of likely N-dealkylation sites (N-methyl/N-ethyl adjacent to an activating group) is 1. The highest BCUT2D eigenvalue weighted by Gasteiger charge is 2.15. The van der Waals surface area contributed by atoms with Gasteiger partial charge in [-0.2, -0.15) is 0 Å². The van der Waals surface area contributed by atoms with Gasteiger partial charge in [0.25, 0.3) is 5.91 Å². The molecule has 5 heteroatoms. The molecular weight excluding hydrogens is 326 g/mol. The lowest BCUT2D eigenvalue weighted by Gasteiger charge is -2.19. The van der Waals surface area contributed by atoms with Gasteiger partial charge in [-0.15, -0.1) is 0 Å². The van der Waals surface area contributed by atoms with E-state index in [2.05, 4.69) is 41.4 Å². The number of rotatable bonds is 9. The number of amides is 1. The molecule has 26 heavy (non-hydrogen) atoms. The Morgan fingerprint density at radius 2 is 1.77 bits per heavy atom. The van der Waals surface area contributed by atoms with Crippen LogP contribution in [0.3, 0.4) is 0 Å². The number of benzene rings is 2. The maximum atomic E-state index is 12.5. The van der Waals surface area contributed by atoms with E-state index in [1.54, 1.807) is 0 Å². The van der Waals surface area contributed by atoms with E-state index in [9.17, 15) is 4.79 Å². The van der Waals surface area contributed by atoms with Crippen LogP contribution in [-0.4, -0.2) is 39.7 Å². The van der Waals surface area contributed by atoms with Crippen molar-refractivity contribution in [2.75, 3.05) is 44.0 Å². The summed E-state index contributed by atoms with van der Waals surface area (Å²) in [7, 11) is 4.06. The second-order valence-corrected chi connectivity index (χ2v) is 6.50. The molecular formula is C21H30N3O2+. The first-order valence-corrected chi connectivity index (χ1v) is 9.15. The van der Waals surface area contributed by atoms with Crippen LogP contribution < -0.4 is 19.9 Å². The molecule has 2 N–H and O–H groups in total. The van der Waals surface area contributed by atoms with Gasteiger partial charge in [-0.05, 0) is 38.1 Å². The molecule has 0 saturated heterocycles. The van der Waals surface area contributed by atoms with E-state index in [4.69, 9.17) is 4.74 Å². The Balaban J connectivity index is 1.95. The summed E-state index contributed by atoms with van der Waals surface area (Å²) in [4.78, 5) is 15.8. The molecule has 2 rings (SSSR count). The second-order valence-electron chi connectivity index (χ2n) is 6.50. The highest BCUT2D eigenvalue weighted by atomic mass is 16.5. The van der Waals surface area contributed by atoms with Gasteiger partial charge in [0.2, 0.25) is 0 Å². The van der Waals surface area contributed by atoms with Gasteiger partial charge in [-0.25, -0.2) is 0 Å². The minimum atomic E-state index is -0.00100. The lowest BCUT2D eigenvalue weighted by Crippen LogP contribution is -3.11. The van der Waals surface area contributed by atoms with Crippen LogP contribution in [0.5, 0.6) is 5.75 Å². The van der Waals surface area contributed by atoms with Crippen molar-refractivity contribution in [3.63, 3.8) is 0 Å². The maximum Gasteiger partial charge on any atom is 0.279 e. The first-order valence-electron chi connectivity index (χ1n) is 9.15. The van der Waals surface area contributed by atoms with E-state index in [1.807, 2.05) is 45.3 Å². The predicted molar refractivity (Wildman–Crippen MR) is 107 cm³/mol. The first-order chi connectivity index (χ1) is 12.5. The van der Waals surface area contributed by atoms with E-state index >= 15 is 0 Å². The molecule has 0 aromatic heterocycles. The van der Waals surface area contributed by atoms with Crippen LogP contribution in [0.2, 0.25) is 0 Å². The highest BCUT2D eigenvalue weighted by Crippen LogP contribution is 2.23. The molecule has 0 aliphatic carbocycles. The summed E-state index contributed by atoms with van der Waals surface area (Å²) in [6, 6.07) is 16.0. The van der Waals surface area contributed by atoms with Crippen molar-refractivity contribution in [2.45, 2.75) is 20.4 Å². The molecule has 0 radical (unpaired) electrons. The van der Waals surface area contributed by atoms with Gasteiger partial charge in [0.05, 0.1) is 18.8 Å². The zero-order valence-corrected chi connectivity index (χ0v) is 16.2. The van der Waals surface area contributed by atoms with Gasteiger partial charge in [0.1, 0.15) is 12.3 Å². The summed E-state index contributed by atoms with van der Waals surface area (Å²) < 4.78 is 5.57. The van der Waals surface area contributed by atoms with E-state index in [0.29, 0.717) is 18.9 Å². The number of carbonyl (C=O) groups is 1. The zero-order chi connectivity index (χ0) is 18.9. The van der Waals surface area contributed by atoms with E-state index in [-0.39, 0.29) is 5.91 Å². The van der Waals surface area contributed by atoms with Crippen LogP contribution in [-0.2, 0) is 11.3 Å². The van der Waals surface area contributed by atoms with Crippen molar-refractivity contribution in [3.8, 4) is 5.75 Å². The van der Waals surface area contributed by atoms with Crippen LogP contribution in [0.1, 0.15) is 19.4 Å². The molecule has 0 bridgehead atoms. The van der Waals surface area contributed by atoms with Gasteiger partial charge < -0.3 is 19.9 Å². The minimum Gasteiger partial charge on any atom is -0.492 e. The van der Waals surface area contributed by atoms with Crippen LogP contribution in [0, 0.1) is 0 Å². The Labute approximate surface area is 156 Å². The molecule has 0 fully saturated rings. The van der Waals surface area contributed by atoms with Crippen LogP contribution in [0.15, 0.2) is 48.5 Å². The number of carbonyl (C=O) groups excluding carboxylic acids is 1. The molecule has 0 saturated carbocycles. The summed E-state index contributed by atoms with van der Waals surface area (Å²) >= 11 is 0. The Kier molecular flexibility index (Phi) is 7.48. The largest absolute Gasteiger partial charge is 0.492 e. The van der Waals surface area contributed by atoms with Gasteiger partial charge in [-0.3, -0.25) is 4.79 Å². The van der Waals surface area contributed by atoms with Gasteiger partial charge in [0, 0.05) is 25.3 Å². The number of quaternary nitrogens is 1. The molecule has 140 valence electrons. The number of anilines is 2. The predicted octanol–water partition coefficient (Wildman–Crippen LogP) is 2.19. The van der Waals surface area contributed by atoms with Crippen LogP contribution >= 0.6 is 0 Å². The zero-order valence-electron chi connectivity index (χ0n) is 16.2. The summed E-state index contributed by atoms with van der Waals surface area (Å²) in [5, 5.41) is 2.98. The highest BCUT2D eigenvalue weighted by molar-refractivity contribution is 5.92. The first kappa shape index (κ1) is 19.8. The summed E-state index contributed by atoms with van der Waals surface area (Å²) in [5.41, 5.74) is 3.14. The molecule has 2 aromatic carbocycles. The van der Waals surface area contributed by atoms with Crippen molar-refractivity contribution >= 4 is 17.3 Å². The number of hydrogen-bond donors (Lipinski definition) is 2. The fraction of sp³-hybridized carbons (Fsp3) is 0.381. The van der Waals surface area contributed by atoms with Crippen molar-refractivity contribution in [1.82, 2.24) is 0 Å². The molecule has 1 unspecified atom stereocenters. The number of nitrogens with one attached hydrogen (secondary N) is 2. The van der Waals surface area contributed by atoms with Crippen molar-refractivity contribution < 1.29 is 14.4 Å². The Hall–Kier alpha value is -2.53. The number of ether oxygens (including phenoxy) is 1. The molecule has 0 aliphatic heterocycles. The van der Waals surface area contributed by atoms with Crippen LogP contribution in [0.25, 0.3) is 0 Å². The SMILES string of the molecule is CCOc1ccccc1NC(=O)C[NH+](CC)Cc1ccc(N(C)C)cc1. The molecule has 0 aliphatic rings. The fourth-order valence-corrected chi connectivity index (χ4v) is 2.79. The van der Waals surface area contributed by atoms with E-state index in [1.165, 1.54) is 16.2 Å². The average molecular weight is 356 g/mol. The summed E-state index contributed by atoms with van der Waals surface area (Å²) in [6.07, 6.45) is 0. The molecule has 5 nitrogen and oxygen atoms in total. The van der Waals surface area contributed by atoms with E-state index < -0.39 is 0 Å². The molecule has 0 spiro atoms. The Morgan fingerprint density at radius 1 is 1.08 bits per heavy atom. The smallest absolute Gasteiger partial charge is 0.279 e. The molecule has 2 aromatic rings. The normalized spacial score (nSPS) is 11.7. The number of para-hydroxylation sites is 2. The third-order valence-electron chi connectivity index (χ3n) is 4.28. The Morgan fingerprint density at radius 3 is 2.38 bits per heavy atom. The lowest BCUT2D eigenvalue weighted by molar-refractivity contribution is -0.903. The number of hydrogen-bond acceptors (Lipinski definition) is 3. The summed E-state index contributed by atoms with van der Waals surface area (Å²) in [5.74, 6) is 0.708. The fourth-order valence-electron chi connectivity index (χ4n) is 2.79. The molecule has 0 heterocycles. The molecule has 1 atom stereocenters. The lowest BCUT2D eigenvalue weighted by atomic mass is 10.2. The third kappa shape index (κ3) is 5.77. The van der Waals surface area contributed by atoms with Crippen LogP contribution in [0.4, 0.5) is 11.4 Å². The third-order valence-corrected chi connectivity index (χ3v) is 4.28. The minimum absolute atomic E-state index is 0.00100. The average Bonchev–Trinajstić information content (AvgIpc) is 2.63. The van der Waals surface area contributed by atoms with Crippen molar-refractivity contribution in [2.24, 2.45) is 0 Å². The second kappa shape index (κ2) is 9.82. The van der Waals surface area contributed by atoms with Crippen molar-refractivity contribution in [3.05, 3.63) is 54.1 Å². The van der Waals surface area contributed by atoms with Gasteiger partial charge in [-0.1, -0.05) is 24.3 Å². The van der Waals surface area contributed by atoms with E-state index in [0.717, 1.165) is 18.8 Å². The Bertz CT molecular complexity index is 699. The maximum absolute atomic E-state index is 12.5. The van der Waals surface area contributed by atoms with Crippen molar-refractivity contribution in [1.29, 1.82) is 0 Å². The topological polar surface area (TPSA) is 46.0 Å².